The van der Waals surface area contributed by atoms with Crippen LogP contribution in [0.3, 0.4) is 0 Å². The third kappa shape index (κ3) is 4.65. The lowest BCUT2D eigenvalue weighted by molar-refractivity contribution is 0.0735. The van der Waals surface area contributed by atoms with Gasteiger partial charge in [-0.15, -0.1) is 0 Å². The van der Waals surface area contributed by atoms with Gasteiger partial charge >= 0.3 is 0 Å². The quantitative estimate of drug-likeness (QED) is 0.793. The van der Waals surface area contributed by atoms with Crippen molar-refractivity contribution in [2.75, 3.05) is 33.3 Å². The highest BCUT2D eigenvalue weighted by molar-refractivity contribution is 5.98. The summed E-state index contributed by atoms with van der Waals surface area (Å²) in [5, 5.41) is 10.4. The van der Waals surface area contributed by atoms with Crippen molar-refractivity contribution in [3.8, 4) is 11.5 Å². The molecule has 1 saturated heterocycles. The first kappa shape index (κ1) is 20.2. The summed E-state index contributed by atoms with van der Waals surface area (Å²) in [6.07, 6.45) is 1.08. The van der Waals surface area contributed by atoms with E-state index in [4.69, 9.17) is 4.74 Å². The maximum absolute atomic E-state index is 13.1. The number of aryl methyl sites for hydroxylation is 1. The third-order valence-electron chi connectivity index (χ3n) is 5.44. The van der Waals surface area contributed by atoms with Gasteiger partial charge in [0, 0.05) is 26.2 Å². The Bertz CT molecular complexity index is 807. The van der Waals surface area contributed by atoms with Crippen molar-refractivity contribution in [2.24, 2.45) is 5.92 Å². The second-order valence-electron chi connectivity index (χ2n) is 7.58. The molecule has 1 unspecified atom stereocenters. The van der Waals surface area contributed by atoms with Crippen molar-refractivity contribution >= 4 is 5.91 Å². The zero-order chi connectivity index (χ0) is 20.1. The molecule has 2 aromatic carbocycles. The second-order valence-corrected chi connectivity index (χ2v) is 7.58. The van der Waals surface area contributed by atoms with Crippen molar-refractivity contribution in [3.63, 3.8) is 0 Å². The second kappa shape index (κ2) is 9.11. The Labute approximate surface area is 167 Å². The number of phenolic OH excluding ortho intramolecular Hbond substituents is 1. The van der Waals surface area contributed by atoms with E-state index in [2.05, 4.69) is 29.2 Å². The standard InChI is InChI=1S/C23H30N2O3/c1-4-25(23(27)20-12-17(2)13-21(28-3)22(20)26)16-19-10-11-24(15-19)14-18-8-6-5-7-9-18/h5-9,12-13,19,26H,4,10-11,14-16H2,1-3H3. The first-order chi connectivity index (χ1) is 13.5. The Morgan fingerprint density at radius 2 is 2.04 bits per heavy atom. The molecule has 3 rings (SSSR count). The molecule has 0 aliphatic carbocycles. The predicted molar refractivity (Wildman–Crippen MR) is 111 cm³/mol. The summed E-state index contributed by atoms with van der Waals surface area (Å²) >= 11 is 0. The summed E-state index contributed by atoms with van der Waals surface area (Å²) in [5.41, 5.74) is 2.53. The number of amides is 1. The van der Waals surface area contributed by atoms with Gasteiger partial charge in [0.05, 0.1) is 12.7 Å². The number of hydrogen-bond donors (Lipinski definition) is 1. The van der Waals surface area contributed by atoms with Gasteiger partial charge in [-0.25, -0.2) is 0 Å². The summed E-state index contributed by atoms with van der Waals surface area (Å²) in [6, 6.07) is 14.0. The Balaban J connectivity index is 1.65. The SMILES string of the molecule is CCN(CC1CCN(Cc2ccccc2)C1)C(=O)c1cc(C)cc(OC)c1O. The van der Waals surface area contributed by atoms with Gasteiger partial charge in [-0.05, 0) is 56.0 Å². The fraction of sp³-hybridized carbons (Fsp3) is 0.435. The number of phenols is 1. The zero-order valence-electron chi connectivity index (χ0n) is 17.0. The Morgan fingerprint density at radius 1 is 1.29 bits per heavy atom. The van der Waals surface area contributed by atoms with Crippen molar-refractivity contribution in [1.29, 1.82) is 0 Å². The van der Waals surface area contributed by atoms with Crippen molar-refractivity contribution in [3.05, 3.63) is 59.2 Å². The first-order valence-electron chi connectivity index (χ1n) is 9.95. The van der Waals surface area contributed by atoms with Crippen LogP contribution in [0.1, 0.15) is 34.8 Å². The average molecular weight is 383 g/mol. The van der Waals surface area contributed by atoms with E-state index in [1.807, 2.05) is 24.8 Å². The molecule has 0 saturated carbocycles. The summed E-state index contributed by atoms with van der Waals surface area (Å²) in [5.74, 6) is 0.577. The molecule has 1 atom stereocenters. The van der Waals surface area contributed by atoms with Crippen LogP contribution < -0.4 is 4.74 Å². The smallest absolute Gasteiger partial charge is 0.257 e. The molecule has 1 heterocycles. The highest BCUT2D eigenvalue weighted by Crippen LogP contribution is 2.32. The van der Waals surface area contributed by atoms with E-state index in [1.165, 1.54) is 12.7 Å². The summed E-state index contributed by atoms with van der Waals surface area (Å²) < 4.78 is 5.21. The fourth-order valence-electron chi connectivity index (χ4n) is 3.95. The molecule has 150 valence electrons. The van der Waals surface area contributed by atoms with E-state index in [-0.39, 0.29) is 11.7 Å². The van der Waals surface area contributed by atoms with Gasteiger partial charge in [0.15, 0.2) is 11.5 Å². The van der Waals surface area contributed by atoms with Crippen LogP contribution in [0.25, 0.3) is 0 Å². The van der Waals surface area contributed by atoms with Crippen LogP contribution in [-0.2, 0) is 6.54 Å². The number of nitrogens with zero attached hydrogens (tertiary/aromatic N) is 2. The molecule has 5 nitrogen and oxygen atoms in total. The topological polar surface area (TPSA) is 53.0 Å². The van der Waals surface area contributed by atoms with E-state index in [0.29, 0.717) is 30.3 Å². The molecule has 1 fully saturated rings. The number of benzene rings is 2. The zero-order valence-corrected chi connectivity index (χ0v) is 17.0. The van der Waals surface area contributed by atoms with E-state index in [9.17, 15) is 9.90 Å². The number of likely N-dealkylation sites (tertiary alicyclic amines) is 1. The van der Waals surface area contributed by atoms with Gasteiger partial charge in [0.25, 0.3) is 5.91 Å². The normalized spacial score (nSPS) is 16.9. The summed E-state index contributed by atoms with van der Waals surface area (Å²) in [6.45, 7) is 8.19. The molecule has 0 aromatic heterocycles. The fourth-order valence-corrected chi connectivity index (χ4v) is 3.95. The van der Waals surface area contributed by atoms with Gasteiger partial charge in [-0.1, -0.05) is 30.3 Å². The molecule has 28 heavy (non-hydrogen) atoms. The minimum atomic E-state index is -0.136. The van der Waals surface area contributed by atoms with Crippen molar-refractivity contribution in [2.45, 2.75) is 26.8 Å². The molecule has 1 aliphatic heterocycles. The van der Waals surface area contributed by atoms with Crippen LogP contribution in [0.2, 0.25) is 0 Å². The summed E-state index contributed by atoms with van der Waals surface area (Å²) in [4.78, 5) is 17.4. The van der Waals surface area contributed by atoms with Gasteiger partial charge in [0.2, 0.25) is 0 Å². The maximum Gasteiger partial charge on any atom is 0.257 e. The lowest BCUT2D eigenvalue weighted by atomic mass is 10.1. The molecule has 1 amide bonds. The molecule has 1 aliphatic rings. The maximum atomic E-state index is 13.1. The molecule has 0 radical (unpaired) electrons. The van der Waals surface area contributed by atoms with Crippen molar-refractivity contribution < 1.29 is 14.6 Å². The Morgan fingerprint density at radius 3 is 2.71 bits per heavy atom. The molecule has 5 heteroatoms. The highest BCUT2D eigenvalue weighted by Gasteiger charge is 2.27. The van der Waals surface area contributed by atoms with Crippen molar-refractivity contribution in [1.82, 2.24) is 9.80 Å². The van der Waals surface area contributed by atoms with Crippen LogP contribution in [0.5, 0.6) is 11.5 Å². The first-order valence-corrected chi connectivity index (χ1v) is 9.95. The van der Waals surface area contributed by atoms with Gasteiger partial charge in [0.1, 0.15) is 0 Å². The van der Waals surface area contributed by atoms with Gasteiger partial charge < -0.3 is 14.7 Å². The Kier molecular flexibility index (Phi) is 6.57. The van der Waals surface area contributed by atoms with E-state index in [1.54, 1.807) is 12.1 Å². The highest BCUT2D eigenvalue weighted by atomic mass is 16.5. The molecular weight excluding hydrogens is 352 g/mol. The number of hydrogen-bond acceptors (Lipinski definition) is 4. The number of ether oxygens (including phenoxy) is 1. The third-order valence-corrected chi connectivity index (χ3v) is 5.44. The Hall–Kier alpha value is -2.53. The predicted octanol–water partition coefficient (Wildman–Crippen LogP) is 3.69. The van der Waals surface area contributed by atoms with Crippen LogP contribution in [0.15, 0.2) is 42.5 Å². The molecular formula is C23H30N2O3. The monoisotopic (exact) mass is 382 g/mol. The lowest BCUT2D eigenvalue weighted by Crippen LogP contribution is -2.36. The molecule has 0 bridgehead atoms. The molecule has 1 N–H and O–H groups in total. The minimum absolute atomic E-state index is 0.0753. The van der Waals surface area contributed by atoms with Crippen LogP contribution in [-0.4, -0.2) is 54.1 Å². The van der Waals surface area contributed by atoms with Crippen LogP contribution in [0, 0.1) is 12.8 Å². The van der Waals surface area contributed by atoms with E-state index < -0.39 is 0 Å². The van der Waals surface area contributed by atoms with E-state index >= 15 is 0 Å². The number of carbonyl (C=O) groups excluding carboxylic acids is 1. The number of carbonyl (C=O) groups is 1. The number of methoxy groups -OCH3 is 1. The largest absolute Gasteiger partial charge is 0.504 e. The number of aromatic hydroxyl groups is 1. The molecule has 0 spiro atoms. The van der Waals surface area contributed by atoms with Gasteiger partial charge in [-0.3, -0.25) is 9.69 Å². The lowest BCUT2D eigenvalue weighted by Gasteiger charge is -2.25. The number of rotatable bonds is 7. The van der Waals surface area contributed by atoms with E-state index in [0.717, 1.165) is 31.6 Å². The minimum Gasteiger partial charge on any atom is -0.504 e. The van der Waals surface area contributed by atoms with Crippen LogP contribution >= 0.6 is 0 Å². The van der Waals surface area contributed by atoms with Crippen LogP contribution in [0.4, 0.5) is 0 Å². The average Bonchev–Trinajstić information content (AvgIpc) is 3.14. The molecule has 2 aromatic rings. The summed E-state index contributed by atoms with van der Waals surface area (Å²) in [7, 11) is 1.50. The van der Waals surface area contributed by atoms with Gasteiger partial charge in [-0.2, -0.15) is 0 Å².